The molecule has 1 aromatic heterocycles. The maximum atomic E-state index is 13.1. The molecule has 1 unspecified atom stereocenters. The number of thiophene rings is 1. The molecule has 0 spiro atoms. The molecule has 1 fully saturated rings. The Kier molecular flexibility index (Phi) is 5.71. The molecule has 6 nitrogen and oxygen atoms in total. The van der Waals surface area contributed by atoms with E-state index in [0.29, 0.717) is 17.2 Å². The number of aliphatic hydroxyl groups is 1. The van der Waals surface area contributed by atoms with Gasteiger partial charge in [0.2, 0.25) is 0 Å². The van der Waals surface area contributed by atoms with Crippen LogP contribution in [0.3, 0.4) is 0 Å². The monoisotopic (exact) mass is 455 g/mol. The summed E-state index contributed by atoms with van der Waals surface area (Å²) in [4.78, 5) is 28.0. The number of ether oxygens (including phenoxy) is 1. The highest BCUT2D eigenvalue weighted by Gasteiger charge is 2.48. The molecule has 3 aromatic rings. The van der Waals surface area contributed by atoms with Crippen molar-refractivity contribution in [3.63, 3.8) is 0 Å². The van der Waals surface area contributed by atoms with Crippen LogP contribution in [0.1, 0.15) is 23.4 Å². The summed E-state index contributed by atoms with van der Waals surface area (Å²) in [5.74, 6) is -1.80. The first kappa shape index (κ1) is 21.0. The largest absolute Gasteiger partial charge is 0.507 e. The van der Waals surface area contributed by atoms with Gasteiger partial charge in [-0.25, -0.2) is 0 Å². The van der Waals surface area contributed by atoms with Crippen LogP contribution in [0, 0.1) is 0 Å². The molecule has 2 N–H and O–H groups in total. The van der Waals surface area contributed by atoms with Gasteiger partial charge in [0.25, 0.3) is 11.7 Å². The van der Waals surface area contributed by atoms with Crippen LogP contribution in [0.25, 0.3) is 5.76 Å². The third-order valence-electron chi connectivity index (χ3n) is 4.90. The number of amides is 1. The Balaban J connectivity index is 1.94. The van der Waals surface area contributed by atoms with Crippen molar-refractivity contribution in [2.75, 3.05) is 11.5 Å². The Hall–Kier alpha value is -3.29. The molecule has 8 heteroatoms. The zero-order chi connectivity index (χ0) is 22.1. The molecule has 1 aliphatic rings. The van der Waals surface area contributed by atoms with E-state index in [2.05, 4.69) is 0 Å². The molecule has 0 bridgehead atoms. The van der Waals surface area contributed by atoms with Crippen LogP contribution in [0.2, 0.25) is 5.02 Å². The highest BCUT2D eigenvalue weighted by Crippen LogP contribution is 2.46. The van der Waals surface area contributed by atoms with Crippen molar-refractivity contribution < 1.29 is 24.5 Å². The number of hydrogen-bond acceptors (Lipinski definition) is 6. The standard InChI is InChI=1S/C23H18ClNO5S/c1-2-30-13-9-10-15(24)14(12-13)21(27)19-20(18-8-5-11-31-18)25(23(29)22(19)28)16-6-3-4-7-17(16)26/h3-12,20,26-27H,2H2,1H3/b21-19-. The van der Waals surface area contributed by atoms with Gasteiger partial charge in [-0.1, -0.05) is 29.8 Å². The molecule has 2 aromatic carbocycles. The first-order valence-electron chi connectivity index (χ1n) is 9.49. The van der Waals surface area contributed by atoms with Crippen molar-refractivity contribution in [3.05, 3.63) is 81.0 Å². The van der Waals surface area contributed by atoms with Crippen LogP contribution in [0.5, 0.6) is 11.5 Å². The predicted molar refractivity (Wildman–Crippen MR) is 120 cm³/mol. The molecule has 1 saturated heterocycles. The summed E-state index contributed by atoms with van der Waals surface area (Å²) in [6.45, 7) is 2.23. The normalized spacial score (nSPS) is 17.9. The number of rotatable bonds is 5. The second-order valence-electron chi connectivity index (χ2n) is 6.75. The summed E-state index contributed by atoms with van der Waals surface area (Å²) in [6, 6.07) is 13.6. The molecular weight excluding hydrogens is 438 g/mol. The molecule has 2 heterocycles. The first-order valence-corrected chi connectivity index (χ1v) is 10.7. The van der Waals surface area contributed by atoms with Crippen LogP contribution in [0.4, 0.5) is 5.69 Å². The van der Waals surface area contributed by atoms with Crippen molar-refractivity contribution in [2.45, 2.75) is 13.0 Å². The van der Waals surface area contributed by atoms with E-state index in [9.17, 15) is 19.8 Å². The minimum Gasteiger partial charge on any atom is -0.507 e. The van der Waals surface area contributed by atoms with Gasteiger partial charge < -0.3 is 14.9 Å². The highest BCUT2D eigenvalue weighted by atomic mass is 35.5. The van der Waals surface area contributed by atoms with Gasteiger partial charge in [-0.2, -0.15) is 0 Å². The van der Waals surface area contributed by atoms with Gasteiger partial charge in [-0.3, -0.25) is 14.5 Å². The molecule has 158 valence electrons. The molecule has 1 amide bonds. The van der Waals surface area contributed by atoms with E-state index in [1.54, 1.807) is 42.5 Å². The number of phenols is 1. The van der Waals surface area contributed by atoms with Crippen LogP contribution in [-0.4, -0.2) is 28.5 Å². The lowest BCUT2D eigenvalue weighted by Gasteiger charge is -2.24. The van der Waals surface area contributed by atoms with Crippen molar-refractivity contribution >= 4 is 46.1 Å². The van der Waals surface area contributed by atoms with Crippen LogP contribution >= 0.6 is 22.9 Å². The number of para-hydroxylation sites is 2. The smallest absolute Gasteiger partial charge is 0.300 e. The third kappa shape index (κ3) is 3.66. The van der Waals surface area contributed by atoms with E-state index >= 15 is 0 Å². The van der Waals surface area contributed by atoms with E-state index in [1.807, 2.05) is 12.3 Å². The maximum Gasteiger partial charge on any atom is 0.300 e. The Bertz CT molecular complexity index is 1190. The molecule has 0 radical (unpaired) electrons. The number of aliphatic hydroxyl groups excluding tert-OH is 1. The summed E-state index contributed by atoms with van der Waals surface area (Å²) >= 11 is 7.64. The van der Waals surface area contributed by atoms with Crippen LogP contribution in [0.15, 0.2) is 65.6 Å². The lowest BCUT2D eigenvalue weighted by Crippen LogP contribution is -2.29. The van der Waals surface area contributed by atoms with Gasteiger partial charge in [-0.15, -0.1) is 11.3 Å². The molecule has 31 heavy (non-hydrogen) atoms. The molecule has 0 aliphatic carbocycles. The van der Waals surface area contributed by atoms with Gasteiger partial charge in [0.15, 0.2) is 0 Å². The lowest BCUT2D eigenvalue weighted by atomic mass is 9.99. The Labute approximate surface area is 187 Å². The maximum absolute atomic E-state index is 13.1. The fourth-order valence-electron chi connectivity index (χ4n) is 3.55. The number of benzene rings is 2. The molecular formula is C23H18ClNO5S. The molecule has 0 saturated carbocycles. The SMILES string of the molecule is CCOc1ccc(Cl)c(/C(O)=C2/C(=O)C(=O)N(c3ccccc3O)C2c2cccs2)c1. The van der Waals surface area contributed by atoms with Crippen molar-refractivity contribution in [1.82, 2.24) is 0 Å². The predicted octanol–water partition coefficient (Wildman–Crippen LogP) is 5.13. The van der Waals surface area contributed by atoms with Gasteiger partial charge >= 0.3 is 0 Å². The topological polar surface area (TPSA) is 87.1 Å². The number of aromatic hydroxyl groups is 1. The number of Topliss-reactive ketones (excluding diaryl/α,β-unsaturated/α-hetero) is 1. The molecule has 1 atom stereocenters. The number of carbonyl (C=O) groups is 2. The van der Waals surface area contributed by atoms with E-state index in [0.717, 1.165) is 0 Å². The van der Waals surface area contributed by atoms with E-state index in [1.165, 1.54) is 28.4 Å². The number of carbonyl (C=O) groups excluding carboxylic acids is 2. The first-order chi connectivity index (χ1) is 14.9. The van der Waals surface area contributed by atoms with Gasteiger partial charge in [0.05, 0.1) is 22.9 Å². The fraction of sp³-hybridized carbons (Fsp3) is 0.130. The Morgan fingerprint density at radius 1 is 1.16 bits per heavy atom. The van der Waals surface area contributed by atoms with Gasteiger partial charge in [0, 0.05) is 10.4 Å². The highest BCUT2D eigenvalue weighted by molar-refractivity contribution is 7.10. The summed E-state index contributed by atoms with van der Waals surface area (Å²) in [7, 11) is 0. The Morgan fingerprint density at radius 3 is 2.61 bits per heavy atom. The average Bonchev–Trinajstić information content (AvgIpc) is 3.37. The fourth-order valence-corrected chi connectivity index (χ4v) is 4.58. The van der Waals surface area contributed by atoms with Crippen molar-refractivity contribution in [2.24, 2.45) is 0 Å². The molecule has 1 aliphatic heterocycles. The zero-order valence-electron chi connectivity index (χ0n) is 16.4. The average molecular weight is 456 g/mol. The minimum absolute atomic E-state index is 0.105. The minimum atomic E-state index is -0.917. The number of phenolic OH excluding ortho intramolecular Hbond substituents is 1. The number of anilines is 1. The van der Waals surface area contributed by atoms with Crippen LogP contribution < -0.4 is 9.64 Å². The summed E-state index contributed by atoms with van der Waals surface area (Å²) in [6.07, 6.45) is 0. The van der Waals surface area contributed by atoms with Gasteiger partial charge in [-0.05, 0) is 48.7 Å². The zero-order valence-corrected chi connectivity index (χ0v) is 18.0. The van der Waals surface area contributed by atoms with Gasteiger partial charge in [0.1, 0.15) is 23.3 Å². The summed E-state index contributed by atoms with van der Waals surface area (Å²) < 4.78 is 5.48. The summed E-state index contributed by atoms with van der Waals surface area (Å²) in [5, 5.41) is 23.5. The number of hydrogen-bond donors (Lipinski definition) is 2. The van der Waals surface area contributed by atoms with Crippen molar-refractivity contribution in [1.29, 1.82) is 0 Å². The van der Waals surface area contributed by atoms with E-state index < -0.39 is 23.5 Å². The van der Waals surface area contributed by atoms with Crippen LogP contribution in [-0.2, 0) is 9.59 Å². The molecule has 4 rings (SSSR count). The quantitative estimate of drug-likeness (QED) is 0.316. The lowest BCUT2D eigenvalue weighted by molar-refractivity contribution is -0.132. The Morgan fingerprint density at radius 2 is 1.94 bits per heavy atom. The van der Waals surface area contributed by atoms with E-state index in [4.69, 9.17) is 16.3 Å². The third-order valence-corrected chi connectivity index (χ3v) is 6.16. The number of nitrogens with zero attached hydrogens (tertiary/aromatic N) is 1. The number of halogens is 1. The number of ketones is 1. The van der Waals surface area contributed by atoms with Crippen molar-refractivity contribution in [3.8, 4) is 11.5 Å². The summed E-state index contributed by atoms with van der Waals surface area (Å²) in [5.41, 5.74) is 0.256. The van der Waals surface area contributed by atoms with E-state index in [-0.39, 0.29) is 27.6 Å². The second kappa shape index (κ2) is 8.45. The second-order valence-corrected chi connectivity index (χ2v) is 8.13.